The Labute approximate surface area is 103 Å². The third-order valence-corrected chi connectivity index (χ3v) is 3.55. The summed E-state index contributed by atoms with van der Waals surface area (Å²) in [6.45, 7) is 4.42. The zero-order valence-electron chi connectivity index (χ0n) is 10.9. The highest BCUT2D eigenvalue weighted by Gasteiger charge is 2.24. The van der Waals surface area contributed by atoms with Crippen molar-refractivity contribution in [2.45, 2.75) is 64.3 Å². The van der Waals surface area contributed by atoms with E-state index in [1.807, 2.05) is 0 Å². The van der Waals surface area contributed by atoms with E-state index in [0.717, 1.165) is 50.2 Å². The molecule has 1 aromatic heterocycles. The molecular formula is C13H23N3O. The van der Waals surface area contributed by atoms with Crippen molar-refractivity contribution in [3.63, 3.8) is 0 Å². The van der Waals surface area contributed by atoms with Crippen molar-refractivity contribution in [1.29, 1.82) is 0 Å². The lowest BCUT2D eigenvalue weighted by Crippen LogP contribution is -2.25. The fourth-order valence-corrected chi connectivity index (χ4v) is 2.32. The molecule has 4 heteroatoms. The Hall–Kier alpha value is -0.900. The number of hydrogen-bond donors (Lipinski definition) is 1. The predicted octanol–water partition coefficient (Wildman–Crippen LogP) is 2.64. The van der Waals surface area contributed by atoms with Crippen molar-refractivity contribution in [2.24, 2.45) is 11.7 Å². The molecule has 1 aliphatic carbocycles. The Morgan fingerprint density at radius 3 is 2.65 bits per heavy atom. The molecule has 0 spiro atoms. The molecule has 4 nitrogen and oxygen atoms in total. The quantitative estimate of drug-likeness (QED) is 0.874. The van der Waals surface area contributed by atoms with E-state index in [0.29, 0.717) is 17.9 Å². The summed E-state index contributed by atoms with van der Waals surface area (Å²) in [5.74, 6) is 2.82. The zero-order chi connectivity index (χ0) is 12.3. The van der Waals surface area contributed by atoms with E-state index < -0.39 is 0 Å². The second-order valence-corrected chi connectivity index (χ2v) is 5.59. The maximum Gasteiger partial charge on any atom is 0.229 e. The van der Waals surface area contributed by atoms with Crippen LogP contribution < -0.4 is 5.73 Å². The molecule has 17 heavy (non-hydrogen) atoms. The SMILES string of the molecule is CC(C)CCc1noc(C2CCC(N)CC2)n1. The Morgan fingerprint density at radius 1 is 1.29 bits per heavy atom. The van der Waals surface area contributed by atoms with Gasteiger partial charge in [0, 0.05) is 18.4 Å². The summed E-state index contributed by atoms with van der Waals surface area (Å²) in [4.78, 5) is 4.51. The average Bonchev–Trinajstić information content (AvgIpc) is 2.76. The van der Waals surface area contributed by atoms with Crippen LogP contribution in [0.4, 0.5) is 0 Å². The van der Waals surface area contributed by atoms with Crippen LogP contribution >= 0.6 is 0 Å². The molecule has 0 aliphatic heterocycles. The first-order chi connectivity index (χ1) is 8.15. The van der Waals surface area contributed by atoms with E-state index in [1.165, 1.54) is 0 Å². The van der Waals surface area contributed by atoms with Crippen LogP contribution in [0.5, 0.6) is 0 Å². The Morgan fingerprint density at radius 2 is 2.00 bits per heavy atom. The number of hydrogen-bond acceptors (Lipinski definition) is 4. The maximum atomic E-state index is 5.89. The van der Waals surface area contributed by atoms with E-state index >= 15 is 0 Å². The molecule has 1 saturated carbocycles. The van der Waals surface area contributed by atoms with Crippen LogP contribution in [0.2, 0.25) is 0 Å². The molecule has 0 radical (unpaired) electrons. The lowest BCUT2D eigenvalue weighted by Gasteiger charge is -2.22. The molecule has 1 aliphatic rings. The second kappa shape index (κ2) is 5.63. The zero-order valence-corrected chi connectivity index (χ0v) is 10.9. The van der Waals surface area contributed by atoms with Gasteiger partial charge in [0.25, 0.3) is 0 Å². The van der Waals surface area contributed by atoms with Gasteiger partial charge in [-0.15, -0.1) is 0 Å². The maximum absolute atomic E-state index is 5.89. The van der Waals surface area contributed by atoms with E-state index in [-0.39, 0.29) is 0 Å². The number of nitrogens with two attached hydrogens (primary N) is 1. The topological polar surface area (TPSA) is 64.9 Å². The van der Waals surface area contributed by atoms with Gasteiger partial charge in [-0.2, -0.15) is 4.98 Å². The van der Waals surface area contributed by atoms with Gasteiger partial charge < -0.3 is 10.3 Å². The van der Waals surface area contributed by atoms with Gasteiger partial charge in [-0.1, -0.05) is 19.0 Å². The monoisotopic (exact) mass is 237 g/mol. The van der Waals surface area contributed by atoms with Crippen LogP contribution in [-0.2, 0) is 6.42 Å². The van der Waals surface area contributed by atoms with Crippen molar-refractivity contribution in [3.05, 3.63) is 11.7 Å². The molecule has 0 atom stereocenters. The lowest BCUT2D eigenvalue weighted by atomic mass is 9.86. The van der Waals surface area contributed by atoms with Crippen LogP contribution in [0.15, 0.2) is 4.52 Å². The van der Waals surface area contributed by atoms with Crippen molar-refractivity contribution in [2.75, 3.05) is 0 Å². The molecule has 1 aromatic rings. The van der Waals surface area contributed by atoms with Gasteiger partial charge in [-0.25, -0.2) is 0 Å². The molecule has 0 amide bonds. The molecule has 0 saturated heterocycles. The minimum absolute atomic E-state index is 0.370. The normalized spacial score (nSPS) is 25.4. The Balaban J connectivity index is 1.89. The van der Waals surface area contributed by atoms with Gasteiger partial charge in [-0.3, -0.25) is 0 Å². The highest BCUT2D eigenvalue weighted by molar-refractivity contribution is 4.97. The number of rotatable bonds is 4. The van der Waals surface area contributed by atoms with Crippen molar-refractivity contribution in [1.82, 2.24) is 10.1 Å². The Kier molecular flexibility index (Phi) is 4.15. The first kappa shape index (κ1) is 12.6. The van der Waals surface area contributed by atoms with Crippen LogP contribution in [0.3, 0.4) is 0 Å². The Bertz CT molecular complexity index is 340. The van der Waals surface area contributed by atoms with E-state index in [2.05, 4.69) is 24.0 Å². The molecule has 2 N–H and O–H groups in total. The molecule has 1 fully saturated rings. The number of aryl methyl sites for hydroxylation is 1. The summed E-state index contributed by atoms with van der Waals surface area (Å²) in [5.41, 5.74) is 5.89. The summed E-state index contributed by atoms with van der Waals surface area (Å²) >= 11 is 0. The first-order valence-electron chi connectivity index (χ1n) is 6.73. The lowest BCUT2D eigenvalue weighted by molar-refractivity contribution is 0.299. The van der Waals surface area contributed by atoms with Crippen molar-refractivity contribution in [3.8, 4) is 0 Å². The third-order valence-electron chi connectivity index (χ3n) is 3.55. The molecule has 0 bridgehead atoms. The van der Waals surface area contributed by atoms with Gasteiger partial charge in [0.15, 0.2) is 5.82 Å². The molecule has 1 heterocycles. The summed E-state index contributed by atoms with van der Waals surface area (Å²) < 4.78 is 5.37. The van der Waals surface area contributed by atoms with Gasteiger partial charge in [-0.05, 0) is 38.0 Å². The van der Waals surface area contributed by atoms with E-state index in [1.54, 1.807) is 0 Å². The minimum Gasteiger partial charge on any atom is -0.339 e. The summed E-state index contributed by atoms with van der Waals surface area (Å²) in [7, 11) is 0. The highest BCUT2D eigenvalue weighted by Crippen LogP contribution is 2.31. The molecule has 96 valence electrons. The van der Waals surface area contributed by atoms with Crippen LogP contribution in [0, 0.1) is 5.92 Å². The van der Waals surface area contributed by atoms with Crippen molar-refractivity contribution < 1.29 is 4.52 Å². The predicted molar refractivity (Wildman–Crippen MR) is 66.6 cm³/mol. The smallest absolute Gasteiger partial charge is 0.229 e. The van der Waals surface area contributed by atoms with E-state index in [9.17, 15) is 0 Å². The summed E-state index contributed by atoms with van der Waals surface area (Å²) in [6, 6.07) is 0.370. The second-order valence-electron chi connectivity index (χ2n) is 5.59. The third kappa shape index (κ3) is 3.53. The molecule has 0 aromatic carbocycles. The fraction of sp³-hybridized carbons (Fsp3) is 0.846. The summed E-state index contributed by atoms with van der Waals surface area (Å²) in [5, 5.41) is 4.07. The fourth-order valence-electron chi connectivity index (χ4n) is 2.32. The van der Waals surface area contributed by atoms with Gasteiger partial charge in [0.05, 0.1) is 0 Å². The molecule has 2 rings (SSSR count). The number of nitrogens with zero attached hydrogens (tertiary/aromatic N) is 2. The van der Waals surface area contributed by atoms with Gasteiger partial charge in [0.1, 0.15) is 0 Å². The highest BCUT2D eigenvalue weighted by atomic mass is 16.5. The van der Waals surface area contributed by atoms with E-state index in [4.69, 9.17) is 10.3 Å². The number of aromatic nitrogens is 2. The average molecular weight is 237 g/mol. The van der Waals surface area contributed by atoms with Crippen LogP contribution in [0.1, 0.15) is 63.6 Å². The summed E-state index contributed by atoms with van der Waals surface area (Å²) in [6.07, 6.45) is 6.38. The van der Waals surface area contributed by atoms with Gasteiger partial charge >= 0.3 is 0 Å². The molecular weight excluding hydrogens is 214 g/mol. The van der Waals surface area contributed by atoms with Crippen molar-refractivity contribution >= 4 is 0 Å². The van der Waals surface area contributed by atoms with Gasteiger partial charge in [0.2, 0.25) is 5.89 Å². The van der Waals surface area contributed by atoms with Crippen LogP contribution in [0.25, 0.3) is 0 Å². The molecule has 0 unspecified atom stereocenters. The van der Waals surface area contributed by atoms with Crippen LogP contribution in [-0.4, -0.2) is 16.2 Å². The largest absolute Gasteiger partial charge is 0.339 e. The minimum atomic E-state index is 0.370. The standard InChI is InChI=1S/C13H23N3O/c1-9(2)3-8-12-15-13(17-16-12)10-4-6-11(14)7-5-10/h9-11H,3-8,14H2,1-2H3. The first-order valence-corrected chi connectivity index (χ1v) is 6.73.